The number of terminal acetylenes is 1. The number of nitrogens with zero attached hydrogens (tertiary/aromatic N) is 6. The third-order valence-corrected chi connectivity index (χ3v) is 3.90. The van der Waals surface area contributed by atoms with Crippen LogP contribution in [0, 0.1) is 24.2 Å². The summed E-state index contributed by atoms with van der Waals surface area (Å²) in [5.74, 6) is 2.72. The Balaban J connectivity index is -0.000000205. The van der Waals surface area contributed by atoms with E-state index in [1.165, 1.54) is 0 Å². The molecule has 36 heavy (non-hydrogen) atoms. The number of aromatic nitrogens is 3. The largest absolute Gasteiger partial charge is 0.305 e. The highest BCUT2D eigenvalue weighted by Gasteiger charge is 2.20. The molecule has 2 unspecified atom stereocenters. The van der Waals surface area contributed by atoms with Crippen LogP contribution in [-0.4, -0.2) is 57.3 Å². The Morgan fingerprint density at radius 3 is 1.69 bits per heavy atom. The molecule has 0 aliphatic heterocycles. The van der Waals surface area contributed by atoms with Gasteiger partial charge in [-0.15, -0.1) is 17.4 Å². The Morgan fingerprint density at radius 2 is 1.44 bits per heavy atom. The molecule has 0 aromatic carbocycles. The quantitative estimate of drug-likeness (QED) is 0.198. The number of carbonyl (C=O) groups is 2. The predicted molar refractivity (Wildman–Crippen MR) is 150 cm³/mol. The van der Waals surface area contributed by atoms with Crippen molar-refractivity contribution in [2.75, 3.05) is 6.54 Å². The Kier molecular flexibility index (Phi) is 30.2. The summed E-state index contributed by atoms with van der Waals surface area (Å²) in [6.45, 7) is 23.3. The van der Waals surface area contributed by atoms with Gasteiger partial charge in [0, 0.05) is 48.6 Å². The average molecular weight is 509 g/mol. The maximum Gasteiger partial charge on any atom is 0.152 e. The van der Waals surface area contributed by atoms with Crippen LogP contribution in [0.5, 0.6) is 0 Å². The Labute approximate surface area is 220 Å². The third kappa shape index (κ3) is 27.5. The second-order valence-corrected chi connectivity index (χ2v) is 8.81. The summed E-state index contributed by atoms with van der Waals surface area (Å²) in [6, 6.07) is 0.227. The molecule has 1 aromatic rings. The number of nitrogens with one attached hydrogen (secondary N) is 2. The summed E-state index contributed by atoms with van der Waals surface area (Å²) in [5.41, 5.74) is 8.19. The van der Waals surface area contributed by atoms with Crippen molar-refractivity contribution in [1.82, 2.24) is 25.6 Å². The van der Waals surface area contributed by atoms with E-state index in [0.29, 0.717) is 11.8 Å². The number of Topliss-reactive ketones (excluding diaryl/α,β-unsaturated/α-hetero) is 2. The molecule has 2 atom stereocenters. The zero-order valence-electron chi connectivity index (χ0n) is 24.9. The fourth-order valence-electron chi connectivity index (χ4n) is 2.50. The van der Waals surface area contributed by atoms with Crippen LogP contribution in [0.4, 0.5) is 0 Å². The lowest BCUT2D eigenvalue weighted by Gasteiger charge is -2.19. The van der Waals surface area contributed by atoms with Crippen molar-refractivity contribution >= 4 is 11.6 Å². The number of hydrogen-bond donors (Lipinski definition) is 2. The second-order valence-electron chi connectivity index (χ2n) is 8.81. The molecule has 0 bridgehead atoms. The van der Waals surface area contributed by atoms with Crippen LogP contribution in [0.25, 0.3) is 10.4 Å². The van der Waals surface area contributed by atoms with Crippen LogP contribution >= 0.6 is 0 Å². The Bertz CT molecular complexity index is 732. The minimum absolute atomic E-state index is 0.00463. The SMILES string of the molecule is C#CC.CC.CC(C)NC(C)C(=O)C(C)C.CC(C)NC(CN=[N+]=[N-])C(=O)C(C)C.Cn1ccnn1. The van der Waals surface area contributed by atoms with Gasteiger partial charge in [-0.2, -0.15) is 0 Å². The van der Waals surface area contributed by atoms with Crippen molar-refractivity contribution in [3.63, 3.8) is 0 Å². The zero-order chi connectivity index (χ0) is 29.3. The number of carbonyl (C=O) groups excluding carboxylic acids is 2. The molecule has 1 heterocycles. The first-order valence-corrected chi connectivity index (χ1v) is 12.5. The van der Waals surface area contributed by atoms with Crippen molar-refractivity contribution in [1.29, 1.82) is 0 Å². The number of azide groups is 1. The van der Waals surface area contributed by atoms with Gasteiger partial charge in [0.2, 0.25) is 0 Å². The molecule has 1 rings (SSSR count). The summed E-state index contributed by atoms with van der Waals surface area (Å²) >= 11 is 0. The molecule has 2 N–H and O–H groups in total. The van der Waals surface area contributed by atoms with Gasteiger partial charge in [0.25, 0.3) is 0 Å². The van der Waals surface area contributed by atoms with Gasteiger partial charge in [0.15, 0.2) is 11.6 Å². The van der Waals surface area contributed by atoms with Crippen molar-refractivity contribution in [3.8, 4) is 12.3 Å². The van der Waals surface area contributed by atoms with Crippen LogP contribution in [-0.2, 0) is 16.6 Å². The topological polar surface area (TPSA) is 138 Å². The molecule has 0 radical (unpaired) electrons. The fraction of sp³-hybridized carbons (Fsp3) is 0.769. The molecule has 0 aliphatic rings. The van der Waals surface area contributed by atoms with Gasteiger partial charge in [-0.25, -0.2) is 0 Å². The standard InChI is InChI=1S/C9H18N4O.C9H19NO.C3H5N3.C3H4.C2H6/c1-6(2)9(14)8(5-11-13-10)12-7(3)4;1-6(2)9(11)8(5)10-7(3)4;1-6-3-2-4-5-6;1-3-2;1-2/h6-8,12H,5H2,1-4H3;6-8,10H,1-5H3;2-3H,1H3;1H,2H3;1-2H3. The molecule has 10 nitrogen and oxygen atoms in total. The van der Waals surface area contributed by atoms with Gasteiger partial charge >= 0.3 is 0 Å². The molecule has 0 aliphatic carbocycles. The highest BCUT2D eigenvalue weighted by atomic mass is 16.1. The zero-order valence-corrected chi connectivity index (χ0v) is 24.9. The van der Waals surface area contributed by atoms with Crippen LogP contribution in [0.1, 0.15) is 83.1 Å². The minimum Gasteiger partial charge on any atom is -0.305 e. The maximum absolute atomic E-state index is 11.6. The molecule has 0 fully saturated rings. The van der Waals surface area contributed by atoms with E-state index < -0.39 is 0 Å². The van der Waals surface area contributed by atoms with Gasteiger partial charge in [-0.3, -0.25) is 14.3 Å². The molecular weight excluding hydrogens is 456 g/mol. The number of rotatable bonds is 10. The third-order valence-electron chi connectivity index (χ3n) is 3.90. The van der Waals surface area contributed by atoms with Crippen LogP contribution in [0.15, 0.2) is 17.5 Å². The van der Waals surface area contributed by atoms with Gasteiger partial charge in [0.05, 0.1) is 18.3 Å². The van der Waals surface area contributed by atoms with E-state index in [-0.39, 0.29) is 42.3 Å². The highest BCUT2D eigenvalue weighted by Crippen LogP contribution is 2.02. The lowest BCUT2D eigenvalue weighted by molar-refractivity contribution is -0.124. The molecule has 0 spiro atoms. The summed E-state index contributed by atoms with van der Waals surface area (Å²) < 4.78 is 1.64. The van der Waals surface area contributed by atoms with Gasteiger partial charge in [-0.05, 0) is 19.4 Å². The summed E-state index contributed by atoms with van der Waals surface area (Å²) in [4.78, 5) is 25.6. The maximum atomic E-state index is 11.6. The van der Waals surface area contributed by atoms with E-state index in [2.05, 4.69) is 43.3 Å². The first-order chi connectivity index (χ1) is 16.7. The van der Waals surface area contributed by atoms with Gasteiger partial charge < -0.3 is 10.6 Å². The Morgan fingerprint density at radius 1 is 1.00 bits per heavy atom. The normalized spacial score (nSPS) is 11.1. The molecule has 0 saturated heterocycles. The second kappa shape index (κ2) is 26.9. The smallest absolute Gasteiger partial charge is 0.152 e. The summed E-state index contributed by atoms with van der Waals surface area (Å²) in [6.07, 6.45) is 8.01. The fourth-order valence-corrected chi connectivity index (χ4v) is 2.50. The van der Waals surface area contributed by atoms with Crippen LogP contribution < -0.4 is 10.6 Å². The lowest BCUT2D eigenvalue weighted by atomic mass is 10.0. The van der Waals surface area contributed by atoms with E-state index in [1.807, 2.05) is 83.2 Å². The van der Waals surface area contributed by atoms with E-state index in [9.17, 15) is 9.59 Å². The molecule has 1 aromatic heterocycles. The van der Waals surface area contributed by atoms with E-state index in [4.69, 9.17) is 5.53 Å². The number of hydrogen-bond acceptors (Lipinski definition) is 7. The average Bonchev–Trinajstić information content (AvgIpc) is 3.28. The van der Waals surface area contributed by atoms with Crippen LogP contribution in [0.2, 0.25) is 0 Å². The highest BCUT2D eigenvalue weighted by molar-refractivity contribution is 5.86. The minimum atomic E-state index is -0.356. The van der Waals surface area contributed by atoms with Crippen LogP contribution in [0.3, 0.4) is 0 Å². The van der Waals surface area contributed by atoms with E-state index in [1.54, 1.807) is 24.0 Å². The first-order valence-electron chi connectivity index (χ1n) is 12.5. The number of ketones is 2. The van der Waals surface area contributed by atoms with Gasteiger partial charge in [0.1, 0.15) is 0 Å². The number of aryl methyl sites for hydroxylation is 1. The molecule has 10 heteroatoms. The monoisotopic (exact) mass is 508 g/mol. The lowest BCUT2D eigenvalue weighted by Crippen LogP contribution is -2.44. The molecular formula is C26H52N8O2. The Hall–Kier alpha value is -2.73. The molecule has 0 amide bonds. The van der Waals surface area contributed by atoms with Crippen molar-refractivity contribution in [2.45, 2.75) is 107 Å². The van der Waals surface area contributed by atoms with E-state index >= 15 is 0 Å². The predicted octanol–water partition coefficient (Wildman–Crippen LogP) is 4.97. The van der Waals surface area contributed by atoms with E-state index in [0.717, 1.165) is 0 Å². The van der Waals surface area contributed by atoms with Crippen molar-refractivity contribution < 1.29 is 9.59 Å². The first kappa shape index (κ1) is 40.4. The molecule has 0 saturated carbocycles. The van der Waals surface area contributed by atoms with Gasteiger partial charge in [-0.1, -0.05) is 79.6 Å². The van der Waals surface area contributed by atoms with Crippen molar-refractivity contribution in [2.24, 2.45) is 24.0 Å². The van der Waals surface area contributed by atoms with Crippen molar-refractivity contribution in [3.05, 3.63) is 22.8 Å². The summed E-state index contributed by atoms with van der Waals surface area (Å²) in [7, 11) is 1.83. The molecule has 208 valence electrons. The summed E-state index contributed by atoms with van der Waals surface area (Å²) in [5, 5.41) is 16.8.